The van der Waals surface area contributed by atoms with Gasteiger partial charge in [0.2, 0.25) is 0 Å². The van der Waals surface area contributed by atoms with Crippen LogP contribution in [0.15, 0.2) is 54.1 Å². The lowest BCUT2D eigenvalue weighted by molar-refractivity contribution is -0.135. The van der Waals surface area contributed by atoms with Crippen LogP contribution in [0.5, 0.6) is 0 Å². The van der Waals surface area contributed by atoms with Crippen molar-refractivity contribution in [2.24, 2.45) is 0 Å². The second-order valence-corrected chi connectivity index (χ2v) is 10.4. The smallest absolute Gasteiger partial charge is 0.412 e. The molecule has 0 fully saturated rings. The second-order valence-electron chi connectivity index (χ2n) is 10.4. The SMILES string of the molecule is CC(C)(C)OC(=O)Nc1ccc(CC2(O)C(=O)C3=C(OC(C)(C)CC3)c3ccccc32)cc1. The van der Waals surface area contributed by atoms with Crippen LogP contribution in [0.3, 0.4) is 0 Å². The van der Waals surface area contributed by atoms with Gasteiger partial charge in [-0.15, -0.1) is 0 Å². The Kier molecular flexibility index (Phi) is 5.61. The van der Waals surface area contributed by atoms with E-state index in [4.69, 9.17) is 9.47 Å². The molecule has 1 aliphatic carbocycles. The van der Waals surface area contributed by atoms with Gasteiger partial charge in [0.15, 0.2) is 11.4 Å². The molecule has 0 spiro atoms. The molecule has 6 heteroatoms. The van der Waals surface area contributed by atoms with Crippen molar-refractivity contribution in [1.82, 2.24) is 0 Å². The molecule has 0 bridgehead atoms. The summed E-state index contributed by atoms with van der Waals surface area (Å²) in [5.74, 6) is 0.288. The first-order valence-electron chi connectivity index (χ1n) is 11.3. The maximum atomic E-state index is 13.5. The number of ether oxygens (including phenoxy) is 2. The molecule has 1 heterocycles. The molecule has 0 saturated carbocycles. The number of hydrogen-bond acceptors (Lipinski definition) is 5. The topological polar surface area (TPSA) is 84.9 Å². The van der Waals surface area contributed by atoms with E-state index in [0.29, 0.717) is 35.4 Å². The van der Waals surface area contributed by atoms with Gasteiger partial charge in [0.05, 0.1) is 0 Å². The van der Waals surface area contributed by atoms with Crippen molar-refractivity contribution in [2.45, 2.75) is 70.7 Å². The summed E-state index contributed by atoms with van der Waals surface area (Å²) in [6.07, 6.45) is 0.859. The molecule has 33 heavy (non-hydrogen) atoms. The molecular formula is C27H31NO5. The van der Waals surface area contributed by atoms with E-state index in [9.17, 15) is 14.7 Å². The summed E-state index contributed by atoms with van der Waals surface area (Å²) in [4.78, 5) is 25.5. The number of rotatable bonds is 3. The number of nitrogens with one attached hydrogen (secondary N) is 1. The van der Waals surface area contributed by atoms with Gasteiger partial charge in [-0.05, 0) is 65.2 Å². The summed E-state index contributed by atoms with van der Waals surface area (Å²) in [6, 6.07) is 14.5. The van der Waals surface area contributed by atoms with Crippen LogP contribution in [0.1, 0.15) is 64.2 Å². The molecule has 0 radical (unpaired) electrons. The van der Waals surface area contributed by atoms with Gasteiger partial charge in [0, 0.05) is 28.8 Å². The van der Waals surface area contributed by atoms with Gasteiger partial charge < -0.3 is 14.6 Å². The summed E-state index contributed by atoms with van der Waals surface area (Å²) in [5, 5.41) is 14.4. The Morgan fingerprint density at radius 1 is 1.12 bits per heavy atom. The zero-order valence-corrected chi connectivity index (χ0v) is 19.8. The lowest BCUT2D eigenvalue weighted by atomic mass is 9.72. The van der Waals surface area contributed by atoms with E-state index in [-0.39, 0.29) is 17.8 Å². The van der Waals surface area contributed by atoms with Gasteiger partial charge in [0.25, 0.3) is 0 Å². The molecule has 0 saturated heterocycles. The molecule has 174 valence electrons. The van der Waals surface area contributed by atoms with E-state index in [1.165, 1.54) is 0 Å². The minimum atomic E-state index is -1.68. The lowest BCUT2D eigenvalue weighted by Crippen LogP contribution is -2.45. The minimum Gasteiger partial charge on any atom is -0.487 e. The molecule has 1 atom stereocenters. The van der Waals surface area contributed by atoms with E-state index in [0.717, 1.165) is 11.1 Å². The summed E-state index contributed by atoms with van der Waals surface area (Å²) in [7, 11) is 0. The van der Waals surface area contributed by atoms with Crippen LogP contribution >= 0.6 is 0 Å². The van der Waals surface area contributed by atoms with Gasteiger partial charge in [-0.2, -0.15) is 0 Å². The average Bonchev–Trinajstić information content (AvgIpc) is 2.72. The third-order valence-electron chi connectivity index (χ3n) is 5.96. The van der Waals surface area contributed by atoms with Crippen LogP contribution < -0.4 is 5.32 Å². The highest BCUT2D eigenvalue weighted by molar-refractivity contribution is 6.10. The number of fused-ring (bicyclic) bond motifs is 2. The van der Waals surface area contributed by atoms with E-state index in [1.807, 2.05) is 32.0 Å². The number of amides is 1. The van der Waals surface area contributed by atoms with Gasteiger partial charge in [-0.3, -0.25) is 10.1 Å². The van der Waals surface area contributed by atoms with Crippen molar-refractivity contribution < 1.29 is 24.2 Å². The molecule has 6 nitrogen and oxygen atoms in total. The Hall–Kier alpha value is -3.12. The molecule has 0 aromatic heterocycles. The molecule has 1 amide bonds. The van der Waals surface area contributed by atoms with Crippen molar-refractivity contribution in [1.29, 1.82) is 0 Å². The number of ketones is 1. The second kappa shape index (κ2) is 8.03. The lowest BCUT2D eigenvalue weighted by Gasteiger charge is -2.41. The molecule has 1 aliphatic heterocycles. The minimum absolute atomic E-state index is 0.121. The van der Waals surface area contributed by atoms with Crippen molar-refractivity contribution in [2.75, 3.05) is 5.32 Å². The number of hydrogen-bond donors (Lipinski definition) is 2. The van der Waals surface area contributed by atoms with Gasteiger partial charge in [0.1, 0.15) is 17.0 Å². The predicted molar refractivity (Wildman–Crippen MR) is 127 cm³/mol. The normalized spacial score (nSPS) is 21.6. The van der Waals surface area contributed by atoms with Crippen LogP contribution in [0, 0.1) is 0 Å². The largest absolute Gasteiger partial charge is 0.487 e. The Bertz CT molecular complexity index is 1120. The fraction of sp³-hybridized carbons (Fsp3) is 0.407. The van der Waals surface area contributed by atoms with E-state index >= 15 is 0 Å². The summed E-state index contributed by atoms with van der Waals surface area (Å²) >= 11 is 0. The number of aliphatic hydroxyl groups is 1. The Morgan fingerprint density at radius 3 is 2.45 bits per heavy atom. The Balaban J connectivity index is 1.60. The standard InChI is InChI=1S/C27H31NO5/c1-25(2,3)33-24(30)28-18-12-10-17(11-13-18)16-27(31)21-9-7-6-8-19(21)22-20(23(27)29)14-15-26(4,5)32-22/h6-13,31H,14-16H2,1-5H3,(H,28,30). The van der Waals surface area contributed by atoms with Crippen LogP contribution in [-0.4, -0.2) is 28.2 Å². The van der Waals surface area contributed by atoms with E-state index in [2.05, 4.69) is 5.32 Å². The van der Waals surface area contributed by atoms with Gasteiger partial charge in [-0.1, -0.05) is 36.4 Å². The van der Waals surface area contributed by atoms with Crippen LogP contribution in [-0.2, 0) is 26.3 Å². The first-order valence-corrected chi connectivity index (χ1v) is 11.3. The van der Waals surface area contributed by atoms with Crippen molar-refractivity contribution in [3.63, 3.8) is 0 Å². The highest BCUT2D eigenvalue weighted by atomic mass is 16.6. The first kappa shape index (κ1) is 23.1. The number of Topliss-reactive ketones (excluding diaryl/α,β-unsaturated/α-hetero) is 1. The quantitative estimate of drug-likeness (QED) is 0.660. The molecule has 1 unspecified atom stereocenters. The third-order valence-corrected chi connectivity index (χ3v) is 5.96. The molecular weight excluding hydrogens is 418 g/mol. The zero-order valence-electron chi connectivity index (χ0n) is 19.8. The van der Waals surface area contributed by atoms with Gasteiger partial charge >= 0.3 is 6.09 Å². The fourth-order valence-electron chi connectivity index (χ4n) is 4.37. The monoisotopic (exact) mass is 449 g/mol. The molecule has 2 N–H and O–H groups in total. The summed E-state index contributed by atoms with van der Waals surface area (Å²) < 4.78 is 11.5. The van der Waals surface area contributed by atoms with Crippen LogP contribution in [0.2, 0.25) is 0 Å². The van der Waals surface area contributed by atoms with Crippen molar-refractivity contribution in [3.8, 4) is 0 Å². The molecule has 2 aromatic carbocycles. The maximum Gasteiger partial charge on any atom is 0.412 e. The number of carbonyl (C=O) groups excluding carboxylic acids is 2. The van der Waals surface area contributed by atoms with Crippen LogP contribution in [0.4, 0.5) is 10.5 Å². The van der Waals surface area contributed by atoms with Crippen LogP contribution in [0.25, 0.3) is 5.76 Å². The highest BCUT2D eigenvalue weighted by Crippen LogP contribution is 2.47. The number of carbonyl (C=O) groups is 2. The number of anilines is 1. The molecule has 2 aromatic rings. The maximum absolute atomic E-state index is 13.5. The first-order chi connectivity index (χ1) is 15.4. The van der Waals surface area contributed by atoms with E-state index in [1.54, 1.807) is 51.1 Å². The Labute approximate surface area is 194 Å². The third kappa shape index (κ3) is 4.67. The van der Waals surface area contributed by atoms with E-state index < -0.39 is 17.3 Å². The molecule has 2 aliphatic rings. The van der Waals surface area contributed by atoms with Gasteiger partial charge in [-0.25, -0.2) is 4.79 Å². The number of benzene rings is 2. The summed E-state index contributed by atoms with van der Waals surface area (Å²) in [6.45, 7) is 9.42. The molecule has 4 rings (SSSR count). The summed E-state index contributed by atoms with van der Waals surface area (Å²) in [5.41, 5.74) is 0.596. The fourth-order valence-corrected chi connectivity index (χ4v) is 4.37. The average molecular weight is 450 g/mol. The predicted octanol–water partition coefficient (Wildman–Crippen LogP) is 5.35. The van der Waals surface area contributed by atoms with Crippen molar-refractivity contribution in [3.05, 3.63) is 70.8 Å². The zero-order chi connectivity index (χ0) is 24.0. The Morgan fingerprint density at radius 2 is 1.79 bits per heavy atom. The highest BCUT2D eigenvalue weighted by Gasteiger charge is 2.48. The van der Waals surface area contributed by atoms with Crippen molar-refractivity contribution >= 4 is 23.3 Å².